The molecule has 3 heterocycles. The van der Waals surface area contributed by atoms with E-state index in [0.717, 1.165) is 31.9 Å². The number of likely N-dealkylation sites (tertiary alicyclic amines) is 1. The smallest absolute Gasteiger partial charge is 0.176 e. The number of hydrogen-bond donors (Lipinski definition) is 1. The summed E-state index contributed by atoms with van der Waals surface area (Å²) in [5, 5.41) is 9.18. The Morgan fingerprint density at radius 3 is 2.83 bits per heavy atom. The lowest BCUT2D eigenvalue weighted by atomic mass is 10.2. The molecule has 1 N–H and O–H groups in total. The molecule has 0 bridgehead atoms. The fraction of sp³-hybridized carbons (Fsp3) is 0.316. The lowest BCUT2D eigenvalue weighted by Crippen LogP contribution is -2.21. The third-order valence-electron chi connectivity index (χ3n) is 4.60. The Labute approximate surface area is 141 Å². The van der Waals surface area contributed by atoms with Crippen LogP contribution in [0.5, 0.6) is 0 Å². The number of aliphatic hydroxyl groups excluding tert-OH is 1. The average Bonchev–Trinajstić information content (AvgIpc) is 3.35. The molecule has 124 valence electrons. The molecule has 2 aromatic heterocycles. The molecule has 1 aliphatic rings. The lowest BCUT2D eigenvalue weighted by molar-refractivity contribution is 0.248. The van der Waals surface area contributed by atoms with Crippen LogP contribution in [0.4, 0.5) is 0 Å². The molecule has 0 unspecified atom stereocenters. The van der Waals surface area contributed by atoms with Crippen molar-refractivity contribution in [2.24, 2.45) is 0 Å². The van der Waals surface area contributed by atoms with Gasteiger partial charge in [0.15, 0.2) is 11.6 Å². The van der Waals surface area contributed by atoms with Crippen molar-refractivity contribution in [1.29, 1.82) is 0 Å². The topological polar surface area (TPSA) is 54.4 Å². The molecule has 1 saturated heterocycles. The Kier molecular flexibility index (Phi) is 4.19. The van der Waals surface area contributed by atoms with Gasteiger partial charge in [-0.2, -0.15) is 0 Å². The van der Waals surface area contributed by atoms with Crippen molar-refractivity contribution in [1.82, 2.24) is 14.5 Å². The van der Waals surface area contributed by atoms with E-state index in [1.54, 1.807) is 6.07 Å². The van der Waals surface area contributed by atoms with E-state index < -0.39 is 0 Å². The maximum Gasteiger partial charge on any atom is 0.176 e. The van der Waals surface area contributed by atoms with Gasteiger partial charge in [0, 0.05) is 38.1 Å². The van der Waals surface area contributed by atoms with Crippen molar-refractivity contribution in [2.75, 3.05) is 13.1 Å². The fourth-order valence-corrected chi connectivity index (χ4v) is 3.41. The SMILES string of the molecule is OCc1ccc(-c2nccn2[C@H]2CCN(Cc3ccccc3)C2)o1. The highest BCUT2D eigenvalue weighted by molar-refractivity contribution is 5.48. The molecule has 0 saturated carbocycles. The Morgan fingerprint density at radius 1 is 1.17 bits per heavy atom. The number of nitrogens with zero attached hydrogens (tertiary/aromatic N) is 3. The zero-order chi connectivity index (χ0) is 16.4. The van der Waals surface area contributed by atoms with Crippen LogP contribution in [0.25, 0.3) is 11.6 Å². The number of furan rings is 1. The Balaban J connectivity index is 1.49. The average molecular weight is 323 g/mol. The van der Waals surface area contributed by atoms with Crippen LogP contribution in [0, 0.1) is 0 Å². The van der Waals surface area contributed by atoms with Crippen molar-refractivity contribution in [3.8, 4) is 11.6 Å². The molecule has 0 spiro atoms. The van der Waals surface area contributed by atoms with Crippen molar-refractivity contribution < 1.29 is 9.52 Å². The van der Waals surface area contributed by atoms with Gasteiger partial charge in [-0.25, -0.2) is 4.98 Å². The van der Waals surface area contributed by atoms with E-state index in [0.29, 0.717) is 17.6 Å². The molecule has 1 fully saturated rings. The quantitative estimate of drug-likeness (QED) is 0.784. The number of aromatic nitrogens is 2. The van der Waals surface area contributed by atoms with E-state index >= 15 is 0 Å². The lowest BCUT2D eigenvalue weighted by Gasteiger charge is -2.17. The van der Waals surface area contributed by atoms with E-state index in [1.807, 2.05) is 18.5 Å². The number of hydrogen-bond acceptors (Lipinski definition) is 4. The summed E-state index contributed by atoms with van der Waals surface area (Å²) in [7, 11) is 0. The van der Waals surface area contributed by atoms with Crippen molar-refractivity contribution in [3.05, 3.63) is 66.2 Å². The number of benzene rings is 1. The van der Waals surface area contributed by atoms with Crippen LogP contribution >= 0.6 is 0 Å². The molecule has 1 aromatic carbocycles. The monoisotopic (exact) mass is 323 g/mol. The highest BCUT2D eigenvalue weighted by atomic mass is 16.4. The minimum Gasteiger partial charge on any atom is -0.455 e. The number of rotatable bonds is 5. The van der Waals surface area contributed by atoms with Crippen molar-refractivity contribution in [3.63, 3.8) is 0 Å². The summed E-state index contributed by atoms with van der Waals surface area (Å²) in [4.78, 5) is 6.93. The first-order valence-electron chi connectivity index (χ1n) is 8.32. The predicted molar refractivity (Wildman–Crippen MR) is 91.2 cm³/mol. The molecule has 3 aromatic rings. The van der Waals surface area contributed by atoms with Crippen LogP contribution in [0.1, 0.15) is 23.8 Å². The van der Waals surface area contributed by atoms with Gasteiger partial charge < -0.3 is 14.1 Å². The van der Waals surface area contributed by atoms with Crippen molar-refractivity contribution in [2.45, 2.75) is 25.6 Å². The first-order valence-corrected chi connectivity index (χ1v) is 8.32. The molecule has 24 heavy (non-hydrogen) atoms. The van der Waals surface area contributed by atoms with E-state index in [2.05, 4.69) is 44.8 Å². The summed E-state index contributed by atoms with van der Waals surface area (Å²) in [6.45, 7) is 2.98. The Morgan fingerprint density at radius 2 is 2.04 bits per heavy atom. The van der Waals surface area contributed by atoms with E-state index in [9.17, 15) is 5.11 Å². The van der Waals surface area contributed by atoms with Gasteiger partial charge in [-0.1, -0.05) is 30.3 Å². The summed E-state index contributed by atoms with van der Waals surface area (Å²) in [5.74, 6) is 2.11. The first kappa shape index (κ1) is 15.2. The van der Waals surface area contributed by atoms with Crippen LogP contribution in [-0.4, -0.2) is 32.6 Å². The molecule has 1 atom stereocenters. The standard InChI is InChI=1S/C19H21N3O2/c23-14-17-6-7-18(24-17)19-20-9-11-22(19)16-8-10-21(13-16)12-15-4-2-1-3-5-15/h1-7,9,11,16,23H,8,10,12-14H2/t16-/m0/s1. The second-order valence-corrected chi connectivity index (χ2v) is 6.25. The summed E-state index contributed by atoms with van der Waals surface area (Å²) in [6.07, 6.45) is 4.94. The number of aliphatic hydroxyl groups is 1. The van der Waals surface area contributed by atoms with Crippen LogP contribution < -0.4 is 0 Å². The first-order chi connectivity index (χ1) is 11.8. The molecule has 5 heteroatoms. The normalized spacial score (nSPS) is 18.3. The summed E-state index contributed by atoms with van der Waals surface area (Å²) >= 11 is 0. The van der Waals surface area contributed by atoms with Gasteiger partial charge >= 0.3 is 0 Å². The highest BCUT2D eigenvalue weighted by Crippen LogP contribution is 2.29. The third-order valence-corrected chi connectivity index (χ3v) is 4.60. The van der Waals surface area contributed by atoms with Gasteiger partial charge in [0.1, 0.15) is 12.4 Å². The minimum atomic E-state index is -0.0883. The second kappa shape index (κ2) is 6.63. The van der Waals surface area contributed by atoms with Gasteiger partial charge in [-0.05, 0) is 24.1 Å². The van der Waals surface area contributed by atoms with Gasteiger partial charge in [0.05, 0.1) is 0 Å². The van der Waals surface area contributed by atoms with Gasteiger partial charge in [-0.15, -0.1) is 0 Å². The van der Waals surface area contributed by atoms with Gasteiger partial charge in [-0.3, -0.25) is 4.90 Å². The van der Waals surface area contributed by atoms with Crippen molar-refractivity contribution >= 4 is 0 Å². The molecule has 0 aliphatic carbocycles. The summed E-state index contributed by atoms with van der Waals surface area (Å²) < 4.78 is 7.85. The summed E-state index contributed by atoms with van der Waals surface area (Å²) in [5.41, 5.74) is 1.35. The zero-order valence-corrected chi connectivity index (χ0v) is 13.5. The fourth-order valence-electron chi connectivity index (χ4n) is 3.41. The van der Waals surface area contributed by atoms with Crippen LogP contribution in [0.2, 0.25) is 0 Å². The third kappa shape index (κ3) is 3.00. The maximum atomic E-state index is 9.18. The molecule has 5 nitrogen and oxygen atoms in total. The molecule has 0 amide bonds. The van der Waals surface area contributed by atoms with E-state index in [1.165, 1.54) is 5.56 Å². The highest BCUT2D eigenvalue weighted by Gasteiger charge is 2.26. The largest absolute Gasteiger partial charge is 0.455 e. The molecule has 0 radical (unpaired) electrons. The van der Waals surface area contributed by atoms with E-state index in [-0.39, 0.29) is 6.61 Å². The van der Waals surface area contributed by atoms with Crippen LogP contribution in [-0.2, 0) is 13.2 Å². The Hall–Kier alpha value is -2.37. The molecular weight excluding hydrogens is 302 g/mol. The second-order valence-electron chi connectivity index (χ2n) is 6.25. The maximum absolute atomic E-state index is 9.18. The number of imidazole rings is 1. The summed E-state index contributed by atoms with van der Waals surface area (Å²) in [6, 6.07) is 14.7. The molecule has 4 rings (SSSR count). The van der Waals surface area contributed by atoms with Gasteiger partial charge in [0.2, 0.25) is 0 Å². The zero-order valence-electron chi connectivity index (χ0n) is 13.5. The van der Waals surface area contributed by atoms with E-state index in [4.69, 9.17) is 4.42 Å². The van der Waals surface area contributed by atoms with Crippen LogP contribution in [0.15, 0.2) is 59.3 Å². The van der Waals surface area contributed by atoms with Gasteiger partial charge in [0.25, 0.3) is 0 Å². The predicted octanol–water partition coefficient (Wildman–Crippen LogP) is 3.08. The molecular formula is C19H21N3O2. The Bertz CT molecular complexity index is 794. The minimum absolute atomic E-state index is 0.0883. The molecule has 1 aliphatic heterocycles. The van der Waals surface area contributed by atoms with Crippen LogP contribution in [0.3, 0.4) is 0 Å².